The lowest BCUT2D eigenvalue weighted by Gasteiger charge is -2.21. The smallest absolute Gasteiger partial charge is 0.239 e. The maximum absolute atomic E-state index is 11.9. The molecule has 1 fully saturated rings. The monoisotopic (exact) mass is 242 g/mol. The maximum Gasteiger partial charge on any atom is 0.239 e. The van der Waals surface area contributed by atoms with Gasteiger partial charge in [0.2, 0.25) is 5.91 Å². The zero-order valence-electron chi connectivity index (χ0n) is 10.4. The van der Waals surface area contributed by atoms with E-state index in [0.29, 0.717) is 13.0 Å². The van der Waals surface area contributed by atoms with Crippen molar-refractivity contribution in [2.24, 2.45) is 10.9 Å². The Morgan fingerprint density at radius 3 is 2.76 bits per heavy atom. The molecule has 0 saturated carbocycles. The minimum absolute atomic E-state index is 0.152. The minimum Gasteiger partial charge on any atom is -0.409 e. The van der Waals surface area contributed by atoms with Crippen LogP contribution in [0, 0.1) is 0 Å². The normalized spacial score (nSPS) is 18.4. The third-order valence-electron chi connectivity index (χ3n) is 2.98. The van der Waals surface area contributed by atoms with E-state index in [2.05, 4.69) is 10.5 Å². The fourth-order valence-corrected chi connectivity index (χ4v) is 1.94. The van der Waals surface area contributed by atoms with Gasteiger partial charge in [-0.1, -0.05) is 5.16 Å². The Bertz CT molecular complexity index is 275. The van der Waals surface area contributed by atoms with E-state index >= 15 is 0 Å². The summed E-state index contributed by atoms with van der Waals surface area (Å²) in [6.45, 7) is 4.34. The average molecular weight is 242 g/mol. The lowest BCUT2D eigenvalue weighted by molar-refractivity contribution is -0.131. The van der Waals surface area contributed by atoms with Crippen molar-refractivity contribution in [1.82, 2.24) is 10.2 Å². The molecular weight excluding hydrogens is 220 g/mol. The van der Waals surface area contributed by atoms with Gasteiger partial charge in [-0.25, -0.2) is 0 Å². The number of carbonyl (C=O) groups excluding carboxylic acids is 1. The molecule has 4 N–H and O–H groups in total. The standard InChI is InChI=1S/C11H22N4O2/c1-9(11(16)15-7-2-3-8-15)13-6-4-5-10(12)14-17/h9,13,17H,2-8H2,1H3,(H2,12,14). The molecule has 6 nitrogen and oxygen atoms in total. The summed E-state index contributed by atoms with van der Waals surface area (Å²) in [6.07, 6.45) is 3.52. The second-order valence-corrected chi connectivity index (χ2v) is 4.40. The summed E-state index contributed by atoms with van der Waals surface area (Å²) in [7, 11) is 0. The highest BCUT2D eigenvalue weighted by Gasteiger charge is 2.22. The number of amides is 1. The van der Waals surface area contributed by atoms with E-state index in [1.807, 2.05) is 11.8 Å². The summed E-state index contributed by atoms with van der Waals surface area (Å²) in [5.41, 5.74) is 5.35. The number of rotatable bonds is 6. The Kier molecular flexibility index (Phi) is 5.76. The molecule has 0 aromatic carbocycles. The molecule has 1 atom stereocenters. The van der Waals surface area contributed by atoms with Crippen LogP contribution in [0.3, 0.4) is 0 Å². The van der Waals surface area contributed by atoms with Gasteiger partial charge in [-0.3, -0.25) is 4.79 Å². The van der Waals surface area contributed by atoms with Gasteiger partial charge in [-0.15, -0.1) is 0 Å². The van der Waals surface area contributed by atoms with Crippen LogP contribution in [0.4, 0.5) is 0 Å². The van der Waals surface area contributed by atoms with Crippen LogP contribution in [-0.2, 0) is 4.79 Å². The van der Waals surface area contributed by atoms with Crippen LogP contribution in [-0.4, -0.2) is 47.5 Å². The fourth-order valence-electron chi connectivity index (χ4n) is 1.94. The van der Waals surface area contributed by atoms with Gasteiger partial charge in [0.15, 0.2) is 0 Å². The van der Waals surface area contributed by atoms with Gasteiger partial charge >= 0.3 is 0 Å². The topological polar surface area (TPSA) is 91.0 Å². The predicted molar refractivity (Wildman–Crippen MR) is 65.9 cm³/mol. The van der Waals surface area contributed by atoms with Crippen molar-refractivity contribution in [3.05, 3.63) is 0 Å². The van der Waals surface area contributed by atoms with Crippen LogP contribution in [0.15, 0.2) is 5.16 Å². The van der Waals surface area contributed by atoms with Gasteiger partial charge in [0.25, 0.3) is 0 Å². The van der Waals surface area contributed by atoms with Crippen molar-refractivity contribution in [2.75, 3.05) is 19.6 Å². The van der Waals surface area contributed by atoms with Crippen molar-refractivity contribution in [1.29, 1.82) is 0 Å². The maximum atomic E-state index is 11.9. The van der Waals surface area contributed by atoms with E-state index in [0.717, 1.165) is 32.4 Å². The highest BCUT2D eigenvalue weighted by molar-refractivity contribution is 5.81. The number of hydrogen-bond acceptors (Lipinski definition) is 4. The van der Waals surface area contributed by atoms with E-state index in [9.17, 15) is 4.79 Å². The summed E-state index contributed by atoms with van der Waals surface area (Å²) in [4.78, 5) is 13.8. The number of likely N-dealkylation sites (tertiary alicyclic amines) is 1. The van der Waals surface area contributed by atoms with Crippen LogP contribution in [0.25, 0.3) is 0 Å². The molecule has 1 heterocycles. The van der Waals surface area contributed by atoms with Crippen molar-refractivity contribution >= 4 is 11.7 Å². The van der Waals surface area contributed by atoms with Crippen molar-refractivity contribution in [3.8, 4) is 0 Å². The first-order valence-corrected chi connectivity index (χ1v) is 6.13. The molecule has 1 amide bonds. The molecule has 1 aliphatic heterocycles. The summed E-state index contributed by atoms with van der Waals surface area (Å²) >= 11 is 0. The second kappa shape index (κ2) is 7.11. The highest BCUT2D eigenvalue weighted by Crippen LogP contribution is 2.08. The molecule has 0 spiro atoms. The summed E-state index contributed by atoms with van der Waals surface area (Å²) in [6, 6.07) is -0.152. The lowest BCUT2D eigenvalue weighted by atomic mass is 10.2. The van der Waals surface area contributed by atoms with Gasteiger partial charge in [-0.2, -0.15) is 0 Å². The van der Waals surface area contributed by atoms with Gasteiger partial charge in [0, 0.05) is 19.5 Å². The molecule has 1 aliphatic rings. The van der Waals surface area contributed by atoms with E-state index in [4.69, 9.17) is 10.9 Å². The largest absolute Gasteiger partial charge is 0.409 e. The third kappa shape index (κ3) is 4.60. The zero-order valence-corrected chi connectivity index (χ0v) is 10.4. The SMILES string of the molecule is CC(NCCCC(N)=NO)C(=O)N1CCCC1. The summed E-state index contributed by atoms with van der Waals surface area (Å²) < 4.78 is 0. The average Bonchev–Trinajstić information content (AvgIpc) is 2.86. The Labute approximate surface area is 102 Å². The lowest BCUT2D eigenvalue weighted by Crippen LogP contribution is -2.44. The number of nitrogens with two attached hydrogens (primary N) is 1. The fraction of sp³-hybridized carbons (Fsp3) is 0.818. The second-order valence-electron chi connectivity index (χ2n) is 4.40. The van der Waals surface area contributed by atoms with Gasteiger partial charge in [0.1, 0.15) is 5.84 Å². The summed E-state index contributed by atoms with van der Waals surface area (Å²) in [5.74, 6) is 0.400. The molecule has 0 bridgehead atoms. The van der Waals surface area contributed by atoms with Crippen LogP contribution >= 0.6 is 0 Å². The molecule has 1 rings (SSSR count). The van der Waals surface area contributed by atoms with E-state index < -0.39 is 0 Å². The molecule has 0 aromatic rings. The number of oxime groups is 1. The van der Waals surface area contributed by atoms with Crippen molar-refractivity contribution in [3.63, 3.8) is 0 Å². The Balaban J connectivity index is 2.15. The Morgan fingerprint density at radius 1 is 1.53 bits per heavy atom. The molecular formula is C11H22N4O2. The number of nitrogens with one attached hydrogen (secondary N) is 1. The van der Waals surface area contributed by atoms with Crippen LogP contribution in [0.1, 0.15) is 32.6 Å². The van der Waals surface area contributed by atoms with E-state index in [-0.39, 0.29) is 17.8 Å². The van der Waals surface area contributed by atoms with Crippen molar-refractivity contribution in [2.45, 2.75) is 38.6 Å². The predicted octanol–water partition coefficient (Wildman–Crippen LogP) is 0.114. The minimum atomic E-state index is -0.152. The number of nitrogens with zero attached hydrogens (tertiary/aromatic N) is 2. The molecule has 1 saturated heterocycles. The molecule has 0 aliphatic carbocycles. The first kappa shape index (κ1) is 13.8. The summed E-state index contributed by atoms with van der Waals surface area (Å²) in [5, 5.41) is 14.4. The van der Waals surface area contributed by atoms with Crippen LogP contribution in [0.5, 0.6) is 0 Å². The first-order chi connectivity index (χ1) is 8.15. The van der Waals surface area contributed by atoms with Gasteiger partial charge in [0.05, 0.1) is 6.04 Å². The number of carbonyl (C=O) groups is 1. The first-order valence-electron chi connectivity index (χ1n) is 6.13. The van der Waals surface area contributed by atoms with Crippen LogP contribution < -0.4 is 11.1 Å². The van der Waals surface area contributed by atoms with E-state index in [1.165, 1.54) is 0 Å². The molecule has 0 aromatic heterocycles. The van der Waals surface area contributed by atoms with Crippen LogP contribution in [0.2, 0.25) is 0 Å². The molecule has 0 radical (unpaired) electrons. The van der Waals surface area contributed by atoms with Gasteiger partial charge < -0.3 is 21.2 Å². The molecule has 98 valence electrons. The van der Waals surface area contributed by atoms with Crippen molar-refractivity contribution < 1.29 is 10.0 Å². The third-order valence-corrected chi connectivity index (χ3v) is 2.98. The molecule has 6 heteroatoms. The van der Waals surface area contributed by atoms with E-state index in [1.54, 1.807) is 0 Å². The Hall–Kier alpha value is -1.30. The molecule has 1 unspecified atom stereocenters. The zero-order chi connectivity index (χ0) is 12.7. The number of hydrogen-bond donors (Lipinski definition) is 3. The quantitative estimate of drug-likeness (QED) is 0.203. The Morgan fingerprint density at radius 2 is 2.18 bits per heavy atom. The van der Waals surface area contributed by atoms with Gasteiger partial charge in [-0.05, 0) is 32.7 Å². The molecule has 17 heavy (non-hydrogen) atoms. The highest BCUT2D eigenvalue weighted by atomic mass is 16.4. The number of amidine groups is 1.